The summed E-state index contributed by atoms with van der Waals surface area (Å²) in [5.41, 5.74) is 2.18. The average molecular weight is 293 g/mol. The fourth-order valence-electron chi connectivity index (χ4n) is 1.41. The Bertz CT molecular complexity index is 528. The van der Waals surface area contributed by atoms with Crippen LogP contribution >= 0.6 is 15.9 Å². The summed E-state index contributed by atoms with van der Waals surface area (Å²) in [6, 6.07) is 6.10. The van der Waals surface area contributed by atoms with E-state index in [1.165, 1.54) is 5.56 Å². The minimum Gasteiger partial charge on any atom is -0.372 e. The molecule has 0 bridgehead atoms. The lowest BCUT2D eigenvalue weighted by Gasteiger charge is -2.09. The molecule has 0 atom stereocenters. The maximum atomic E-state index is 4.34. The first kappa shape index (κ1) is 11.9. The predicted molar refractivity (Wildman–Crippen MR) is 73.7 cm³/mol. The summed E-state index contributed by atoms with van der Waals surface area (Å²) in [4.78, 5) is 8.44. The van der Waals surface area contributed by atoms with Crippen molar-refractivity contribution in [2.75, 3.05) is 17.7 Å². The van der Waals surface area contributed by atoms with E-state index in [4.69, 9.17) is 0 Å². The van der Waals surface area contributed by atoms with Gasteiger partial charge in [0.1, 0.15) is 5.82 Å². The lowest BCUT2D eigenvalue weighted by Crippen LogP contribution is -1.99. The van der Waals surface area contributed by atoms with Crippen molar-refractivity contribution >= 4 is 33.3 Å². The first-order valence-corrected chi connectivity index (χ1v) is 6.01. The second kappa shape index (κ2) is 5.14. The average Bonchev–Trinajstić information content (AvgIpc) is 2.33. The van der Waals surface area contributed by atoms with Crippen LogP contribution in [0.25, 0.3) is 0 Å². The smallest absolute Gasteiger partial charge is 0.151 e. The molecule has 0 saturated carbocycles. The molecule has 0 unspecified atom stereocenters. The van der Waals surface area contributed by atoms with Crippen molar-refractivity contribution in [3.63, 3.8) is 0 Å². The van der Waals surface area contributed by atoms with Gasteiger partial charge in [-0.15, -0.1) is 0 Å². The summed E-state index contributed by atoms with van der Waals surface area (Å²) >= 11 is 3.51. The molecule has 0 spiro atoms. The number of hydrogen-bond acceptors (Lipinski definition) is 4. The third-order valence-electron chi connectivity index (χ3n) is 2.28. The van der Waals surface area contributed by atoms with Crippen LogP contribution in [0.3, 0.4) is 0 Å². The Morgan fingerprint density at radius 3 is 2.65 bits per heavy atom. The summed E-state index contributed by atoms with van der Waals surface area (Å²) in [7, 11) is 1.82. The monoisotopic (exact) mass is 292 g/mol. The number of rotatable bonds is 3. The fourth-order valence-corrected chi connectivity index (χ4v) is 2.00. The number of benzene rings is 1. The van der Waals surface area contributed by atoms with Crippen molar-refractivity contribution in [1.29, 1.82) is 0 Å². The van der Waals surface area contributed by atoms with E-state index in [2.05, 4.69) is 49.5 Å². The van der Waals surface area contributed by atoms with E-state index < -0.39 is 0 Å². The normalized spacial score (nSPS) is 10.1. The van der Waals surface area contributed by atoms with Crippen molar-refractivity contribution in [1.82, 2.24) is 9.97 Å². The highest BCUT2D eigenvalue weighted by molar-refractivity contribution is 9.10. The van der Waals surface area contributed by atoms with Crippen LogP contribution in [0, 0.1) is 6.92 Å². The Hall–Kier alpha value is -1.62. The number of halogens is 1. The third-order valence-corrected chi connectivity index (χ3v) is 2.93. The number of nitrogens with zero attached hydrogens (tertiary/aromatic N) is 2. The molecule has 0 aliphatic rings. The molecule has 0 aliphatic heterocycles. The summed E-state index contributed by atoms with van der Waals surface area (Å²) in [6.45, 7) is 2.05. The Morgan fingerprint density at radius 2 is 1.94 bits per heavy atom. The highest BCUT2D eigenvalue weighted by Crippen LogP contribution is 2.26. The molecule has 17 heavy (non-hydrogen) atoms. The zero-order valence-corrected chi connectivity index (χ0v) is 11.2. The van der Waals surface area contributed by atoms with Crippen LogP contribution in [0.4, 0.5) is 17.3 Å². The molecule has 0 radical (unpaired) electrons. The van der Waals surface area contributed by atoms with Gasteiger partial charge >= 0.3 is 0 Å². The predicted octanol–water partition coefficient (Wildman–Crippen LogP) is 3.33. The summed E-state index contributed by atoms with van der Waals surface area (Å²) in [5.74, 6) is 1.44. The maximum absolute atomic E-state index is 4.34. The topological polar surface area (TPSA) is 49.8 Å². The van der Waals surface area contributed by atoms with Gasteiger partial charge in [0.15, 0.2) is 5.82 Å². The number of nitrogens with one attached hydrogen (secondary N) is 2. The van der Waals surface area contributed by atoms with Crippen LogP contribution in [0.2, 0.25) is 0 Å². The van der Waals surface area contributed by atoms with Gasteiger partial charge in [0.2, 0.25) is 0 Å². The standard InChI is InChI=1S/C12H13BrN4/c1-8-3-4-10(9(13)5-8)16-12-7-15-6-11(14-2)17-12/h3-7H,1-2H3,(H2,14,16,17). The number of anilines is 3. The largest absolute Gasteiger partial charge is 0.372 e. The minimum atomic E-state index is 0.710. The van der Waals surface area contributed by atoms with Crippen LogP contribution in [-0.4, -0.2) is 17.0 Å². The van der Waals surface area contributed by atoms with Gasteiger partial charge in [-0.1, -0.05) is 6.07 Å². The Kier molecular flexibility index (Phi) is 3.58. The van der Waals surface area contributed by atoms with Gasteiger partial charge in [-0.05, 0) is 40.5 Å². The van der Waals surface area contributed by atoms with Gasteiger partial charge in [0, 0.05) is 11.5 Å². The second-order valence-corrected chi connectivity index (χ2v) is 4.50. The maximum Gasteiger partial charge on any atom is 0.151 e. The van der Waals surface area contributed by atoms with Gasteiger partial charge in [0.05, 0.1) is 18.1 Å². The lowest BCUT2D eigenvalue weighted by molar-refractivity contribution is 1.18. The zero-order valence-electron chi connectivity index (χ0n) is 9.66. The Labute approximate surface area is 109 Å². The van der Waals surface area contributed by atoms with E-state index in [1.807, 2.05) is 19.2 Å². The van der Waals surface area contributed by atoms with Crippen LogP contribution in [0.5, 0.6) is 0 Å². The van der Waals surface area contributed by atoms with Crippen LogP contribution in [0.15, 0.2) is 35.1 Å². The molecular weight excluding hydrogens is 280 g/mol. The quantitative estimate of drug-likeness (QED) is 0.911. The molecule has 0 fully saturated rings. The van der Waals surface area contributed by atoms with E-state index in [0.717, 1.165) is 16.0 Å². The van der Waals surface area contributed by atoms with Gasteiger partial charge in [-0.3, -0.25) is 4.98 Å². The number of aryl methyl sites for hydroxylation is 1. The molecule has 0 saturated heterocycles. The highest BCUT2D eigenvalue weighted by atomic mass is 79.9. The van der Waals surface area contributed by atoms with Crippen LogP contribution in [0.1, 0.15) is 5.56 Å². The first-order chi connectivity index (χ1) is 8.19. The molecule has 2 rings (SSSR count). The van der Waals surface area contributed by atoms with Crippen molar-refractivity contribution in [3.05, 3.63) is 40.6 Å². The van der Waals surface area contributed by atoms with Crippen molar-refractivity contribution in [2.45, 2.75) is 6.92 Å². The van der Waals surface area contributed by atoms with E-state index in [9.17, 15) is 0 Å². The van der Waals surface area contributed by atoms with Crippen LogP contribution in [-0.2, 0) is 0 Å². The van der Waals surface area contributed by atoms with Crippen molar-refractivity contribution in [3.8, 4) is 0 Å². The molecule has 1 aromatic heterocycles. The molecule has 2 N–H and O–H groups in total. The highest BCUT2D eigenvalue weighted by Gasteiger charge is 2.02. The van der Waals surface area contributed by atoms with E-state index in [-0.39, 0.29) is 0 Å². The zero-order chi connectivity index (χ0) is 12.3. The van der Waals surface area contributed by atoms with E-state index in [0.29, 0.717) is 5.82 Å². The van der Waals surface area contributed by atoms with Crippen molar-refractivity contribution < 1.29 is 0 Å². The summed E-state index contributed by atoms with van der Waals surface area (Å²) in [5, 5.41) is 6.17. The molecule has 0 amide bonds. The number of aromatic nitrogens is 2. The van der Waals surface area contributed by atoms with Gasteiger partial charge in [0.25, 0.3) is 0 Å². The summed E-state index contributed by atoms with van der Waals surface area (Å²) in [6.07, 6.45) is 3.36. The molecule has 5 heteroatoms. The second-order valence-electron chi connectivity index (χ2n) is 3.65. The summed E-state index contributed by atoms with van der Waals surface area (Å²) < 4.78 is 1.01. The number of hydrogen-bond donors (Lipinski definition) is 2. The van der Waals surface area contributed by atoms with Gasteiger partial charge in [-0.25, -0.2) is 4.98 Å². The van der Waals surface area contributed by atoms with Gasteiger partial charge in [-0.2, -0.15) is 0 Å². The first-order valence-electron chi connectivity index (χ1n) is 5.22. The molecule has 0 aliphatic carbocycles. The van der Waals surface area contributed by atoms with E-state index >= 15 is 0 Å². The van der Waals surface area contributed by atoms with Gasteiger partial charge < -0.3 is 10.6 Å². The third kappa shape index (κ3) is 2.94. The fraction of sp³-hybridized carbons (Fsp3) is 0.167. The molecular formula is C12H13BrN4. The van der Waals surface area contributed by atoms with E-state index in [1.54, 1.807) is 12.4 Å². The van der Waals surface area contributed by atoms with Crippen LogP contribution < -0.4 is 10.6 Å². The van der Waals surface area contributed by atoms with Crippen molar-refractivity contribution in [2.24, 2.45) is 0 Å². The lowest BCUT2D eigenvalue weighted by atomic mass is 10.2. The minimum absolute atomic E-state index is 0.710. The molecule has 1 aromatic carbocycles. The Balaban J connectivity index is 2.25. The Morgan fingerprint density at radius 1 is 1.18 bits per heavy atom. The molecule has 4 nitrogen and oxygen atoms in total. The molecule has 1 heterocycles. The molecule has 2 aromatic rings. The SMILES string of the molecule is CNc1cncc(Nc2ccc(C)cc2Br)n1. The molecule has 88 valence electrons.